The molecule has 106 valence electrons. The second-order valence-electron chi connectivity index (χ2n) is 5.50. The first-order chi connectivity index (χ1) is 9.15. The Bertz CT molecular complexity index is 369. The van der Waals surface area contributed by atoms with E-state index in [2.05, 4.69) is 24.4 Å². The Morgan fingerprint density at radius 3 is 2.58 bits per heavy atom. The SMILES string of the molecule is CC(C)Oc1ccc([C@H](C)NC[C@H]2CCCO2)cc1. The fourth-order valence-electron chi connectivity index (χ4n) is 2.34. The molecule has 1 aliphatic heterocycles. The molecule has 0 aliphatic carbocycles. The highest BCUT2D eigenvalue weighted by Gasteiger charge is 2.16. The zero-order valence-corrected chi connectivity index (χ0v) is 12.2. The van der Waals surface area contributed by atoms with Crippen LogP contribution in [0.4, 0.5) is 0 Å². The maximum atomic E-state index is 5.65. The standard InChI is InChI=1S/C16H25NO2/c1-12(2)19-15-8-6-14(7-9-15)13(3)17-11-16-5-4-10-18-16/h6-9,12-13,16-17H,4-5,10-11H2,1-3H3/t13-,16+/m0/s1. The molecule has 0 unspecified atom stereocenters. The summed E-state index contributed by atoms with van der Waals surface area (Å²) in [6.45, 7) is 8.13. The molecule has 1 aromatic rings. The molecule has 0 spiro atoms. The van der Waals surface area contributed by atoms with Crippen LogP contribution in [0.1, 0.15) is 45.2 Å². The van der Waals surface area contributed by atoms with Gasteiger partial charge in [0.15, 0.2) is 0 Å². The summed E-state index contributed by atoms with van der Waals surface area (Å²) >= 11 is 0. The summed E-state index contributed by atoms with van der Waals surface area (Å²) < 4.78 is 11.3. The van der Waals surface area contributed by atoms with E-state index in [1.54, 1.807) is 0 Å². The van der Waals surface area contributed by atoms with Crippen LogP contribution < -0.4 is 10.1 Å². The van der Waals surface area contributed by atoms with Crippen molar-refractivity contribution in [3.8, 4) is 5.75 Å². The third-order valence-electron chi connectivity index (χ3n) is 3.43. The molecule has 1 fully saturated rings. The molecule has 2 atom stereocenters. The monoisotopic (exact) mass is 263 g/mol. The molecule has 1 aliphatic rings. The van der Waals surface area contributed by atoms with Gasteiger partial charge in [-0.1, -0.05) is 12.1 Å². The summed E-state index contributed by atoms with van der Waals surface area (Å²) in [4.78, 5) is 0. The minimum atomic E-state index is 0.223. The van der Waals surface area contributed by atoms with Gasteiger partial charge in [-0.25, -0.2) is 0 Å². The fraction of sp³-hybridized carbons (Fsp3) is 0.625. The van der Waals surface area contributed by atoms with E-state index in [-0.39, 0.29) is 6.10 Å². The number of benzene rings is 1. The van der Waals surface area contributed by atoms with E-state index in [0.29, 0.717) is 12.1 Å². The van der Waals surface area contributed by atoms with Gasteiger partial charge in [-0.2, -0.15) is 0 Å². The van der Waals surface area contributed by atoms with Crippen LogP contribution in [0, 0.1) is 0 Å². The van der Waals surface area contributed by atoms with E-state index >= 15 is 0 Å². The second-order valence-corrected chi connectivity index (χ2v) is 5.50. The van der Waals surface area contributed by atoms with Crippen LogP contribution in [0.15, 0.2) is 24.3 Å². The van der Waals surface area contributed by atoms with Crippen molar-refractivity contribution < 1.29 is 9.47 Å². The first-order valence-electron chi connectivity index (χ1n) is 7.27. The van der Waals surface area contributed by atoms with E-state index in [1.807, 2.05) is 26.0 Å². The van der Waals surface area contributed by atoms with E-state index in [1.165, 1.54) is 18.4 Å². The summed E-state index contributed by atoms with van der Waals surface area (Å²) in [5.41, 5.74) is 1.29. The quantitative estimate of drug-likeness (QED) is 0.854. The van der Waals surface area contributed by atoms with Crippen LogP contribution in [0.25, 0.3) is 0 Å². The lowest BCUT2D eigenvalue weighted by Crippen LogP contribution is -2.28. The Labute approximate surface area is 116 Å². The third kappa shape index (κ3) is 4.51. The highest BCUT2D eigenvalue weighted by molar-refractivity contribution is 5.29. The molecule has 1 aromatic carbocycles. The number of ether oxygens (including phenoxy) is 2. The first kappa shape index (κ1) is 14.4. The second kappa shape index (κ2) is 6.92. The average molecular weight is 263 g/mol. The molecule has 1 saturated heterocycles. The molecule has 2 rings (SSSR count). The van der Waals surface area contributed by atoms with E-state index in [9.17, 15) is 0 Å². The molecule has 0 aromatic heterocycles. The predicted octanol–water partition coefficient (Wildman–Crippen LogP) is 3.30. The van der Waals surface area contributed by atoms with Gasteiger partial charge in [-0.05, 0) is 51.3 Å². The Kier molecular flexibility index (Phi) is 5.23. The van der Waals surface area contributed by atoms with Crippen LogP contribution >= 0.6 is 0 Å². The Morgan fingerprint density at radius 2 is 2.00 bits per heavy atom. The lowest BCUT2D eigenvalue weighted by molar-refractivity contribution is 0.108. The number of hydrogen-bond donors (Lipinski definition) is 1. The van der Waals surface area contributed by atoms with Crippen LogP contribution in [-0.4, -0.2) is 25.4 Å². The molecule has 3 nitrogen and oxygen atoms in total. The Balaban J connectivity index is 1.82. The van der Waals surface area contributed by atoms with Crippen molar-refractivity contribution in [2.45, 2.75) is 51.9 Å². The van der Waals surface area contributed by atoms with Crippen molar-refractivity contribution in [2.24, 2.45) is 0 Å². The van der Waals surface area contributed by atoms with Crippen molar-refractivity contribution >= 4 is 0 Å². The van der Waals surface area contributed by atoms with Gasteiger partial charge in [0.2, 0.25) is 0 Å². The molecule has 1 heterocycles. The maximum absolute atomic E-state index is 5.65. The van der Waals surface area contributed by atoms with Gasteiger partial charge in [-0.3, -0.25) is 0 Å². The Hall–Kier alpha value is -1.06. The summed E-state index contributed by atoms with van der Waals surface area (Å²) in [5, 5.41) is 3.54. The third-order valence-corrected chi connectivity index (χ3v) is 3.43. The molecular weight excluding hydrogens is 238 g/mol. The van der Waals surface area contributed by atoms with Gasteiger partial charge in [0.05, 0.1) is 12.2 Å². The van der Waals surface area contributed by atoms with E-state index in [0.717, 1.165) is 18.9 Å². The van der Waals surface area contributed by atoms with Crippen molar-refractivity contribution in [3.63, 3.8) is 0 Å². The number of hydrogen-bond acceptors (Lipinski definition) is 3. The van der Waals surface area contributed by atoms with Crippen LogP contribution in [-0.2, 0) is 4.74 Å². The fourth-order valence-corrected chi connectivity index (χ4v) is 2.34. The molecule has 0 saturated carbocycles. The normalized spacial score (nSPS) is 20.7. The lowest BCUT2D eigenvalue weighted by Gasteiger charge is -2.18. The molecule has 0 radical (unpaired) electrons. The van der Waals surface area contributed by atoms with Crippen LogP contribution in [0.5, 0.6) is 5.75 Å². The van der Waals surface area contributed by atoms with Gasteiger partial charge in [0.1, 0.15) is 5.75 Å². The van der Waals surface area contributed by atoms with Crippen molar-refractivity contribution in [1.82, 2.24) is 5.32 Å². The minimum Gasteiger partial charge on any atom is -0.491 e. The van der Waals surface area contributed by atoms with E-state index in [4.69, 9.17) is 9.47 Å². The average Bonchev–Trinajstić information content (AvgIpc) is 2.89. The van der Waals surface area contributed by atoms with Crippen molar-refractivity contribution in [2.75, 3.05) is 13.2 Å². The molecular formula is C16H25NO2. The first-order valence-corrected chi connectivity index (χ1v) is 7.27. The Morgan fingerprint density at radius 1 is 1.26 bits per heavy atom. The zero-order chi connectivity index (χ0) is 13.7. The van der Waals surface area contributed by atoms with Crippen molar-refractivity contribution in [3.05, 3.63) is 29.8 Å². The predicted molar refractivity (Wildman–Crippen MR) is 77.6 cm³/mol. The highest BCUT2D eigenvalue weighted by Crippen LogP contribution is 2.19. The van der Waals surface area contributed by atoms with E-state index < -0.39 is 0 Å². The summed E-state index contributed by atoms with van der Waals surface area (Å²) in [6.07, 6.45) is 3.00. The smallest absolute Gasteiger partial charge is 0.119 e. The van der Waals surface area contributed by atoms with Crippen LogP contribution in [0.2, 0.25) is 0 Å². The number of rotatable bonds is 6. The molecule has 0 amide bonds. The van der Waals surface area contributed by atoms with Gasteiger partial charge in [-0.15, -0.1) is 0 Å². The molecule has 3 heteroatoms. The molecule has 0 bridgehead atoms. The largest absolute Gasteiger partial charge is 0.491 e. The van der Waals surface area contributed by atoms with Gasteiger partial charge < -0.3 is 14.8 Å². The van der Waals surface area contributed by atoms with Gasteiger partial charge in [0, 0.05) is 19.2 Å². The maximum Gasteiger partial charge on any atom is 0.119 e. The van der Waals surface area contributed by atoms with Crippen molar-refractivity contribution in [1.29, 1.82) is 0 Å². The summed E-state index contributed by atoms with van der Waals surface area (Å²) in [5.74, 6) is 0.935. The number of nitrogens with one attached hydrogen (secondary N) is 1. The summed E-state index contributed by atoms with van der Waals surface area (Å²) in [7, 11) is 0. The lowest BCUT2D eigenvalue weighted by atomic mass is 10.1. The minimum absolute atomic E-state index is 0.223. The summed E-state index contributed by atoms with van der Waals surface area (Å²) in [6, 6.07) is 8.69. The molecule has 19 heavy (non-hydrogen) atoms. The van der Waals surface area contributed by atoms with Gasteiger partial charge in [0.25, 0.3) is 0 Å². The topological polar surface area (TPSA) is 30.5 Å². The highest BCUT2D eigenvalue weighted by atomic mass is 16.5. The molecule has 1 N–H and O–H groups in total. The van der Waals surface area contributed by atoms with Gasteiger partial charge >= 0.3 is 0 Å². The zero-order valence-electron chi connectivity index (χ0n) is 12.2. The van der Waals surface area contributed by atoms with Crippen LogP contribution in [0.3, 0.4) is 0 Å².